The average molecular weight is 402 g/mol. The van der Waals surface area contributed by atoms with Gasteiger partial charge in [0.25, 0.3) is 0 Å². The van der Waals surface area contributed by atoms with Gasteiger partial charge in [-0.1, -0.05) is 103 Å². The molecule has 29 heavy (non-hydrogen) atoms. The van der Waals surface area contributed by atoms with Gasteiger partial charge in [0, 0.05) is 12.6 Å². The second-order valence-corrected chi connectivity index (χ2v) is 7.99. The molecule has 0 saturated carbocycles. The number of carbonyl (C=O) groups excluding carboxylic acids is 1. The van der Waals surface area contributed by atoms with Gasteiger partial charge < -0.3 is 10.1 Å². The van der Waals surface area contributed by atoms with E-state index in [2.05, 4.69) is 12.2 Å². The molecule has 1 aromatic rings. The SMILES string of the molecule is CCCCCCCCCCCCCCCCNC(=O)C=Cc1ccc(OC)cc1. The molecule has 3 nitrogen and oxygen atoms in total. The summed E-state index contributed by atoms with van der Waals surface area (Å²) in [6, 6.07) is 7.67. The number of ether oxygens (including phenoxy) is 1. The molecule has 0 aliphatic heterocycles. The zero-order valence-corrected chi connectivity index (χ0v) is 18.9. The Bertz CT molecular complexity index is 536. The number of carbonyl (C=O) groups is 1. The van der Waals surface area contributed by atoms with Crippen molar-refractivity contribution >= 4 is 12.0 Å². The smallest absolute Gasteiger partial charge is 0.243 e. The molecule has 1 aromatic carbocycles. The van der Waals surface area contributed by atoms with E-state index in [1.165, 1.54) is 83.5 Å². The van der Waals surface area contributed by atoms with Crippen LogP contribution in [0.4, 0.5) is 0 Å². The van der Waals surface area contributed by atoms with Crippen LogP contribution in [0.25, 0.3) is 6.08 Å². The predicted molar refractivity (Wildman–Crippen MR) is 125 cm³/mol. The maximum absolute atomic E-state index is 11.9. The molecule has 1 N–H and O–H groups in total. The molecule has 0 heterocycles. The fourth-order valence-corrected chi connectivity index (χ4v) is 3.48. The van der Waals surface area contributed by atoms with Crippen LogP contribution >= 0.6 is 0 Å². The Morgan fingerprint density at radius 3 is 1.76 bits per heavy atom. The number of amides is 1. The van der Waals surface area contributed by atoms with E-state index < -0.39 is 0 Å². The summed E-state index contributed by atoms with van der Waals surface area (Å²) in [7, 11) is 1.65. The second kappa shape index (κ2) is 18.3. The first kappa shape index (κ1) is 25.3. The fourth-order valence-electron chi connectivity index (χ4n) is 3.48. The Kier molecular flexibility index (Phi) is 15.9. The van der Waals surface area contributed by atoms with Gasteiger partial charge in [0.2, 0.25) is 5.91 Å². The van der Waals surface area contributed by atoms with E-state index in [1.54, 1.807) is 13.2 Å². The lowest BCUT2D eigenvalue weighted by Gasteiger charge is -2.04. The Morgan fingerprint density at radius 1 is 0.793 bits per heavy atom. The molecular weight excluding hydrogens is 358 g/mol. The van der Waals surface area contributed by atoms with Crippen LogP contribution in [0.2, 0.25) is 0 Å². The quantitative estimate of drug-likeness (QED) is 0.207. The van der Waals surface area contributed by atoms with Crippen LogP contribution in [-0.4, -0.2) is 19.6 Å². The van der Waals surface area contributed by atoms with E-state index in [-0.39, 0.29) is 5.91 Å². The first-order valence-electron chi connectivity index (χ1n) is 11.9. The highest BCUT2D eigenvalue weighted by Gasteiger charge is 1.97. The molecule has 0 unspecified atom stereocenters. The van der Waals surface area contributed by atoms with Crippen molar-refractivity contribution in [1.29, 1.82) is 0 Å². The lowest BCUT2D eigenvalue weighted by Crippen LogP contribution is -2.21. The van der Waals surface area contributed by atoms with E-state index in [0.29, 0.717) is 0 Å². The van der Waals surface area contributed by atoms with Crippen LogP contribution in [0.15, 0.2) is 30.3 Å². The van der Waals surface area contributed by atoms with E-state index in [9.17, 15) is 4.79 Å². The molecule has 0 saturated heterocycles. The third kappa shape index (κ3) is 14.8. The molecule has 0 bridgehead atoms. The van der Waals surface area contributed by atoms with Crippen molar-refractivity contribution in [1.82, 2.24) is 5.32 Å². The molecule has 0 aromatic heterocycles. The Balaban J connectivity index is 1.87. The van der Waals surface area contributed by atoms with Crippen LogP contribution in [0.3, 0.4) is 0 Å². The summed E-state index contributed by atoms with van der Waals surface area (Å²) in [6.07, 6.45) is 22.4. The maximum Gasteiger partial charge on any atom is 0.243 e. The summed E-state index contributed by atoms with van der Waals surface area (Å²) in [4.78, 5) is 11.9. The van der Waals surface area contributed by atoms with Crippen LogP contribution < -0.4 is 10.1 Å². The van der Waals surface area contributed by atoms with E-state index in [4.69, 9.17) is 4.74 Å². The Hall–Kier alpha value is -1.77. The third-order valence-corrected chi connectivity index (χ3v) is 5.37. The summed E-state index contributed by atoms with van der Waals surface area (Å²) < 4.78 is 5.13. The van der Waals surface area contributed by atoms with Crippen molar-refractivity contribution < 1.29 is 9.53 Å². The van der Waals surface area contributed by atoms with Crippen molar-refractivity contribution in [3.05, 3.63) is 35.9 Å². The average Bonchev–Trinajstić information content (AvgIpc) is 2.75. The van der Waals surface area contributed by atoms with Crippen molar-refractivity contribution in [2.45, 2.75) is 96.8 Å². The summed E-state index contributed by atoms with van der Waals surface area (Å²) in [5, 5.41) is 2.97. The van der Waals surface area contributed by atoms with Crippen LogP contribution in [0.1, 0.15) is 102 Å². The number of unbranched alkanes of at least 4 members (excludes halogenated alkanes) is 13. The number of hydrogen-bond donors (Lipinski definition) is 1. The molecule has 164 valence electrons. The van der Waals surface area contributed by atoms with Crippen LogP contribution in [0.5, 0.6) is 5.75 Å². The standard InChI is InChI=1S/C26H43NO2/c1-3-4-5-6-7-8-9-10-11-12-13-14-15-16-23-27-26(28)22-19-24-17-20-25(29-2)21-18-24/h17-22H,3-16,23H2,1-2H3,(H,27,28). The van der Waals surface area contributed by atoms with E-state index >= 15 is 0 Å². The number of methoxy groups -OCH3 is 1. The van der Waals surface area contributed by atoms with Gasteiger partial charge in [-0.05, 0) is 30.2 Å². The van der Waals surface area contributed by atoms with Crippen molar-refractivity contribution in [2.24, 2.45) is 0 Å². The number of hydrogen-bond acceptors (Lipinski definition) is 2. The van der Waals surface area contributed by atoms with E-state index in [1.807, 2.05) is 30.3 Å². The van der Waals surface area contributed by atoms with Crippen LogP contribution in [0, 0.1) is 0 Å². The molecule has 0 aliphatic rings. The number of nitrogens with one attached hydrogen (secondary N) is 1. The molecule has 0 spiro atoms. The van der Waals surface area contributed by atoms with Crippen molar-refractivity contribution in [2.75, 3.05) is 13.7 Å². The maximum atomic E-state index is 11.9. The van der Waals surface area contributed by atoms with Crippen molar-refractivity contribution in [3.63, 3.8) is 0 Å². The first-order chi connectivity index (χ1) is 14.3. The number of rotatable bonds is 18. The largest absolute Gasteiger partial charge is 0.497 e. The first-order valence-corrected chi connectivity index (χ1v) is 11.9. The molecule has 0 radical (unpaired) electrons. The van der Waals surface area contributed by atoms with Crippen molar-refractivity contribution in [3.8, 4) is 5.75 Å². The van der Waals surface area contributed by atoms with Gasteiger partial charge in [0.1, 0.15) is 5.75 Å². The van der Waals surface area contributed by atoms with Gasteiger partial charge in [0.05, 0.1) is 7.11 Å². The highest BCUT2D eigenvalue weighted by Crippen LogP contribution is 2.13. The third-order valence-electron chi connectivity index (χ3n) is 5.37. The Labute approximate surface area is 179 Å². The summed E-state index contributed by atoms with van der Waals surface area (Å²) in [6.45, 7) is 3.04. The molecule has 3 heteroatoms. The zero-order chi connectivity index (χ0) is 21.0. The molecule has 0 aliphatic carbocycles. The normalized spacial score (nSPS) is 11.1. The van der Waals surface area contributed by atoms with E-state index in [0.717, 1.165) is 24.3 Å². The molecular formula is C26H43NO2. The molecule has 0 fully saturated rings. The van der Waals surface area contributed by atoms with Gasteiger partial charge in [-0.25, -0.2) is 0 Å². The molecule has 1 rings (SSSR count). The predicted octanol–water partition coefficient (Wildman–Crippen LogP) is 7.31. The summed E-state index contributed by atoms with van der Waals surface area (Å²) in [5.41, 5.74) is 0.998. The minimum atomic E-state index is -0.0180. The second-order valence-electron chi connectivity index (χ2n) is 7.99. The van der Waals surface area contributed by atoms with Crippen LogP contribution in [-0.2, 0) is 4.79 Å². The monoisotopic (exact) mass is 401 g/mol. The highest BCUT2D eigenvalue weighted by atomic mass is 16.5. The topological polar surface area (TPSA) is 38.3 Å². The van der Waals surface area contributed by atoms with Gasteiger partial charge >= 0.3 is 0 Å². The minimum absolute atomic E-state index is 0.0180. The van der Waals surface area contributed by atoms with Gasteiger partial charge in [-0.3, -0.25) is 4.79 Å². The van der Waals surface area contributed by atoms with Gasteiger partial charge in [-0.2, -0.15) is 0 Å². The zero-order valence-electron chi connectivity index (χ0n) is 18.9. The number of benzene rings is 1. The fraction of sp³-hybridized carbons (Fsp3) is 0.654. The lowest BCUT2D eigenvalue weighted by atomic mass is 10.0. The molecule has 0 atom stereocenters. The lowest BCUT2D eigenvalue weighted by molar-refractivity contribution is -0.116. The van der Waals surface area contributed by atoms with Gasteiger partial charge in [0.15, 0.2) is 0 Å². The van der Waals surface area contributed by atoms with Gasteiger partial charge in [-0.15, -0.1) is 0 Å². The summed E-state index contributed by atoms with van der Waals surface area (Å²) in [5.74, 6) is 0.805. The Morgan fingerprint density at radius 2 is 1.28 bits per heavy atom. The molecule has 1 amide bonds. The summed E-state index contributed by atoms with van der Waals surface area (Å²) >= 11 is 0. The minimum Gasteiger partial charge on any atom is -0.497 e. The highest BCUT2D eigenvalue weighted by molar-refractivity contribution is 5.91.